The molecule has 1 fully saturated rings. The van der Waals surface area contributed by atoms with Crippen LogP contribution in [0.4, 0.5) is 5.13 Å². The van der Waals surface area contributed by atoms with Gasteiger partial charge in [-0.05, 0) is 48.9 Å². The maximum atomic E-state index is 10.9. The van der Waals surface area contributed by atoms with Gasteiger partial charge in [0.05, 0.1) is 18.7 Å². The number of anilines is 1. The van der Waals surface area contributed by atoms with E-state index in [1.807, 2.05) is 12.1 Å². The van der Waals surface area contributed by atoms with Crippen LogP contribution in [-0.2, 0) is 17.6 Å². The van der Waals surface area contributed by atoms with Gasteiger partial charge in [-0.1, -0.05) is 42.5 Å². The summed E-state index contributed by atoms with van der Waals surface area (Å²) in [5.41, 5.74) is 3.28. The van der Waals surface area contributed by atoms with Gasteiger partial charge < -0.3 is 14.7 Å². The highest BCUT2D eigenvalue weighted by Gasteiger charge is 2.23. The van der Waals surface area contributed by atoms with Crippen molar-refractivity contribution in [3.05, 3.63) is 76.3 Å². The first-order chi connectivity index (χ1) is 15.1. The number of piperidine rings is 1. The van der Waals surface area contributed by atoms with Gasteiger partial charge in [0.2, 0.25) is 0 Å². The molecular weight excluding hydrogens is 408 g/mol. The first-order valence-corrected chi connectivity index (χ1v) is 11.6. The Morgan fingerprint density at radius 3 is 2.68 bits per heavy atom. The van der Waals surface area contributed by atoms with Crippen molar-refractivity contribution in [3.63, 3.8) is 0 Å². The van der Waals surface area contributed by atoms with Gasteiger partial charge in [-0.2, -0.15) is 0 Å². The number of thiazole rings is 1. The van der Waals surface area contributed by atoms with Gasteiger partial charge in [-0.25, -0.2) is 4.98 Å². The van der Waals surface area contributed by atoms with Crippen LogP contribution < -0.4 is 9.64 Å². The zero-order chi connectivity index (χ0) is 21.6. The van der Waals surface area contributed by atoms with E-state index in [-0.39, 0.29) is 6.42 Å². The lowest BCUT2D eigenvalue weighted by Crippen LogP contribution is -2.32. The monoisotopic (exact) mass is 436 g/mol. The molecule has 6 heteroatoms. The Labute approximate surface area is 187 Å². The first-order valence-electron chi connectivity index (χ1n) is 10.8. The summed E-state index contributed by atoms with van der Waals surface area (Å²) >= 11 is 1.77. The Morgan fingerprint density at radius 2 is 1.94 bits per heavy atom. The van der Waals surface area contributed by atoms with Crippen molar-refractivity contribution in [1.82, 2.24) is 4.98 Å². The second-order valence-electron chi connectivity index (χ2n) is 7.99. The van der Waals surface area contributed by atoms with Crippen molar-refractivity contribution in [2.75, 3.05) is 24.6 Å². The van der Waals surface area contributed by atoms with Gasteiger partial charge in [0.25, 0.3) is 0 Å². The third kappa shape index (κ3) is 5.64. The molecule has 0 unspecified atom stereocenters. The molecule has 4 rings (SSSR count). The fourth-order valence-corrected chi connectivity index (χ4v) is 5.10. The zero-order valence-electron chi connectivity index (χ0n) is 17.8. The molecule has 0 bridgehead atoms. The molecule has 1 aliphatic heterocycles. The lowest BCUT2D eigenvalue weighted by molar-refractivity contribution is -0.136. The Morgan fingerprint density at radius 1 is 1.16 bits per heavy atom. The van der Waals surface area contributed by atoms with E-state index in [9.17, 15) is 4.79 Å². The highest BCUT2D eigenvalue weighted by atomic mass is 32.1. The molecule has 0 radical (unpaired) electrons. The molecule has 0 spiro atoms. The van der Waals surface area contributed by atoms with E-state index in [1.54, 1.807) is 23.5 Å². The maximum Gasteiger partial charge on any atom is 0.307 e. The van der Waals surface area contributed by atoms with Gasteiger partial charge >= 0.3 is 5.97 Å². The highest BCUT2D eigenvalue weighted by molar-refractivity contribution is 7.15. The number of ether oxygens (including phenoxy) is 1. The minimum Gasteiger partial charge on any atom is -0.493 e. The molecule has 162 valence electrons. The summed E-state index contributed by atoms with van der Waals surface area (Å²) in [5, 5.41) is 10.1. The molecule has 3 aromatic rings. The van der Waals surface area contributed by atoms with Crippen LogP contribution in [0, 0.1) is 6.92 Å². The number of hydrogen-bond donors (Lipinski definition) is 1. The van der Waals surface area contributed by atoms with Crippen molar-refractivity contribution in [2.45, 2.75) is 38.5 Å². The molecular formula is C25H28N2O3S. The van der Waals surface area contributed by atoms with E-state index in [4.69, 9.17) is 14.8 Å². The summed E-state index contributed by atoms with van der Waals surface area (Å²) in [7, 11) is 0. The fraction of sp³-hybridized carbons (Fsp3) is 0.360. The van der Waals surface area contributed by atoms with Gasteiger partial charge in [-0.3, -0.25) is 4.79 Å². The third-order valence-corrected chi connectivity index (χ3v) is 6.85. The fourth-order valence-electron chi connectivity index (χ4n) is 4.09. The van der Waals surface area contributed by atoms with Crippen molar-refractivity contribution in [2.24, 2.45) is 0 Å². The van der Waals surface area contributed by atoms with Gasteiger partial charge in [-0.15, -0.1) is 11.3 Å². The lowest BCUT2D eigenvalue weighted by Gasteiger charge is -2.32. The summed E-state index contributed by atoms with van der Waals surface area (Å²) in [6, 6.07) is 18.1. The van der Waals surface area contributed by atoms with Crippen molar-refractivity contribution < 1.29 is 14.6 Å². The van der Waals surface area contributed by atoms with Crippen molar-refractivity contribution in [1.29, 1.82) is 0 Å². The summed E-state index contributed by atoms with van der Waals surface area (Å²) in [5.74, 6) is 0.508. The van der Waals surface area contributed by atoms with E-state index in [0.717, 1.165) is 48.7 Å². The van der Waals surface area contributed by atoms with Crippen LogP contribution in [0.5, 0.6) is 5.75 Å². The SMILES string of the molecule is Cc1sc(N2CCC(c3ccccc3)CC2)nc1CCOc1cccc(CC(=O)O)c1. The second kappa shape index (κ2) is 9.96. The van der Waals surface area contributed by atoms with Crippen LogP contribution in [0.2, 0.25) is 0 Å². The van der Waals surface area contributed by atoms with Gasteiger partial charge in [0.1, 0.15) is 5.75 Å². The highest BCUT2D eigenvalue weighted by Crippen LogP contribution is 2.33. The van der Waals surface area contributed by atoms with Crippen LogP contribution in [0.3, 0.4) is 0 Å². The quantitative estimate of drug-likeness (QED) is 0.533. The predicted octanol–water partition coefficient (Wildman–Crippen LogP) is 5.08. The molecule has 1 aromatic heterocycles. The molecule has 5 nitrogen and oxygen atoms in total. The molecule has 1 aliphatic rings. The topological polar surface area (TPSA) is 62.7 Å². The minimum absolute atomic E-state index is 0.00667. The molecule has 1 saturated heterocycles. The average molecular weight is 437 g/mol. The number of carbonyl (C=O) groups is 1. The first kappa shape index (κ1) is 21.4. The Hall–Kier alpha value is -2.86. The van der Waals surface area contributed by atoms with Gasteiger partial charge in [0, 0.05) is 24.4 Å². The largest absolute Gasteiger partial charge is 0.493 e. The molecule has 1 N–H and O–H groups in total. The third-order valence-electron chi connectivity index (χ3n) is 5.78. The zero-order valence-corrected chi connectivity index (χ0v) is 18.6. The maximum absolute atomic E-state index is 10.9. The summed E-state index contributed by atoms with van der Waals surface area (Å²) in [4.78, 5) is 19.4. The number of carboxylic acid groups (broad SMARTS) is 1. The molecule has 31 heavy (non-hydrogen) atoms. The number of aromatic nitrogens is 1. The standard InChI is InChI=1S/C25H28N2O3S/c1-18-23(12-15-30-22-9-5-6-19(16-22)17-24(28)29)26-25(31-18)27-13-10-21(11-14-27)20-7-3-2-4-8-20/h2-9,16,21H,10-15,17H2,1H3,(H,28,29). The van der Waals surface area contributed by atoms with Crippen LogP contribution in [-0.4, -0.2) is 35.8 Å². The number of rotatable bonds is 8. The Kier molecular flexibility index (Phi) is 6.87. The molecule has 0 atom stereocenters. The number of benzene rings is 2. The van der Waals surface area contributed by atoms with Crippen LogP contribution in [0.15, 0.2) is 54.6 Å². The number of aliphatic carboxylic acids is 1. The molecule has 0 saturated carbocycles. The number of aryl methyl sites for hydroxylation is 1. The normalized spacial score (nSPS) is 14.5. The van der Waals surface area contributed by atoms with E-state index in [0.29, 0.717) is 18.3 Å². The second-order valence-corrected chi connectivity index (χ2v) is 9.17. The number of nitrogens with zero attached hydrogens (tertiary/aromatic N) is 2. The minimum atomic E-state index is -0.837. The van der Waals surface area contributed by atoms with E-state index < -0.39 is 5.97 Å². The van der Waals surface area contributed by atoms with E-state index in [2.05, 4.69) is 42.2 Å². The summed E-state index contributed by atoms with van der Waals surface area (Å²) in [6.45, 7) is 4.73. The number of carboxylic acids is 1. The van der Waals surface area contributed by atoms with E-state index in [1.165, 1.54) is 10.4 Å². The number of hydrogen-bond acceptors (Lipinski definition) is 5. The van der Waals surface area contributed by atoms with Crippen LogP contribution in [0.1, 0.15) is 40.5 Å². The molecule has 2 aromatic carbocycles. The lowest BCUT2D eigenvalue weighted by atomic mass is 9.90. The summed E-state index contributed by atoms with van der Waals surface area (Å²) < 4.78 is 5.86. The molecule has 0 aliphatic carbocycles. The van der Waals surface area contributed by atoms with Crippen molar-refractivity contribution in [3.8, 4) is 5.75 Å². The van der Waals surface area contributed by atoms with Crippen molar-refractivity contribution >= 4 is 22.4 Å². The predicted molar refractivity (Wildman–Crippen MR) is 124 cm³/mol. The van der Waals surface area contributed by atoms with Crippen LogP contribution >= 0.6 is 11.3 Å². The average Bonchev–Trinajstić information content (AvgIpc) is 3.15. The van der Waals surface area contributed by atoms with Gasteiger partial charge in [0.15, 0.2) is 5.13 Å². The summed E-state index contributed by atoms with van der Waals surface area (Å²) in [6.07, 6.45) is 3.07. The smallest absolute Gasteiger partial charge is 0.307 e. The van der Waals surface area contributed by atoms with Crippen LogP contribution in [0.25, 0.3) is 0 Å². The van der Waals surface area contributed by atoms with E-state index >= 15 is 0 Å². The molecule has 2 heterocycles. The Balaban J connectivity index is 1.30. The Bertz CT molecular complexity index is 1010. The molecule has 0 amide bonds.